The lowest BCUT2D eigenvalue weighted by Gasteiger charge is -2.06. The zero-order chi connectivity index (χ0) is 13.8. The predicted molar refractivity (Wildman–Crippen MR) is 76.4 cm³/mol. The minimum absolute atomic E-state index is 0.0763. The lowest BCUT2D eigenvalue weighted by Crippen LogP contribution is -1.93. The highest BCUT2D eigenvalue weighted by molar-refractivity contribution is 6.30. The topological polar surface area (TPSA) is 0 Å². The average molecular weight is 299 g/mol. The van der Waals surface area contributed by atoms with Gasteiger partial charge < -0.3 is 0 Å². The molecule has 0 aliphatic carbocycles. The van der Waals surface area contributed by atoms with Crippen molar-refractivity contribution in [2.24, 2.45) is 0 Å². The molecule has 2 aromatic rings. The third-order valence-corrected chi connectivity index (χ3v) is 3.13. The molecule has 98 valence electrons. The SMILES string of the molecule is Fc1ccc(F)c(/C(=C/c2cccc(Cl)c2)CCl)c1. The van der Waals surface area contributed by atoms with E-state index in [0.29, 0.717) is 10.6 Å². The van der Waals surface area contributed by atoms with E-state index in [2.05, 4.69) is 0 Å². The van der Waals surface area contributed by atoms with Gasteiger partial charge in [0.1, 0.15) is 11.6 Å². The zero-order valence-electron chi connectivity index (χ0n) is 9.84. The summed E-state index contributed by atoms with van der Waals surface area (Å²) in [5.41, 5.74) is 1.45. The fourth-order valence-electron chi connectivity index (χ4n) is 1.73. The molecule has 0 radical (unpaired) electrons. The molecule has 0 fully saturated rings. The quantitative estimate of drug-likeness (QED) is 0.526. The number of alkyl halides is 1. The molecule has 0 amide bonds. The van der Waals surface area contributed by atoms with Crippen LogP contribution in [0.25, 0.3) is 11.6 Å². The average Bonchev–Trinajstić information content (AvgIpc) is 2.39. The van der Waals surface area contributed by atoms with Gasteiger partial charge in [-0.15, -0.1) is 11.6 Å². The molecule has 2 aromatic carbocycles. The van der Waals surface area contributed by atoms with E-state index in [1.54, 1.807) is 24.3 Å². The molecule has 0 bridgehead atoms. The Morgan fingerprint density at radius 1 is 1.11 bits per heavy atom. The molecule has 0 saturated heterocycles. The van der Waals surface area contributed by atoms with Crippen molar-refractivity contribution in [3.63, 3.8) is 0 Å². The Balaban J connectivity index is 2.47. The molecule has 0 atom stereocenters. The maximum atomic E-state index is 13.7. The molecule has 19 heavy (non-hydrogen) atoms. The molecule has 0 heterocycles. The Hall–Kier alpha value is -1.38. The van der Waals surface area contributed by atoms with Gasteiger partial charge in [-0.05, 0) is 47.5 Å². The number of hydrogen-bond donors (Lipinski definition) is 0. The van der Waals surface area contributed by atoms with E-state index in [9.17, 15) is 8.78 Å². The van der Waals surface area contributed by atoms with Crippen molar-refractivity contribution in [3.05, 3.63) is 70.2 Å². The number of allylic oxidation sites excluding steroid dienone is 1. The summed E-state index contributed by atoms with van der Waals surface area (Å²) in [5, 5.41) is 0.572. The van der Waals surface area contributed by atoms with E-state index in [4.69, 9.17) is 23.2 Å². The van der Waals surface area contributed by atoms with E-state index in [-0.39, 0.29) is 11.4 Å². The molecule has 0 aromatic heterocycles. The second kappa shape index (κ2) is 6.18. The van der Waals surface area contributed by atoms with Crippen LogP contribution in [0.15, 0.2) is 42.5 Å². The summed E-state index contributed by atoms with van der Waals surface area (Å²) in [6.45, 7) is 0. The van der Waals surface area contributed by atoms with E-state index >= 15 is 0 Å². The maximum Gasteiger partial charge on any atom is 0.130 e. The highest BCUT2D eigenvalue weighted by Gasteiger charge is 2.09. The first kappa shape index (κ1) is 14.0. The highest BCUT2D eigenvalue weighted by atomic mass is 35.5. The third-order valence-electron chi connectivity index (χ3n) is 2.61. The van der Waals surface area contributed by atoms with E-state index < -0.39 is 11.6 Å². The van der Waals surface area contributed by atoms with Crippen molar-refractivity contribution < 1.29 is 8.78 Å². The number of benzene rings is 2. The van der Waals surface area contributed by atoms with Crippen LogP contribution in [0, 0.1) is 11.6 Å². The van der Waals surface area contributed by atoms with Gasteiger partial charge in [0.2, 0.25) is 0 Å². The minimum atomic E-state index is -0.504. The summed E-state index contributed by atoms with van der Waals surface area (Å²) in [6, 6.07) is 10.4. The first-order valence-electron chi connectivity index (χ1n) is 5.57. The van der Waals surface area contributed by atoms with Gasteiger partial charge in [0.25, 0.3) is 0 Å². The highest BCUT2D eigenvalue weighted by Crippen LogP contribution is 2.24. The Bertz CT molecular complexity index is 621. The monoisotopic (exact) mass is 298 g/mol. The van der Waals surface area contributed by atoms with Crippen LogP contribution in [-0.2, 0) is 0 Å². The molecule has 2 rings (SSSR count). The molecular formula is C15H10Cl2F2. The summed E-state index contributed by atoms with van der Waals surface area (Å²) in [6.07, 6.45) is 1.69. The van der Waals surface area contributed by atoms with Gasteiger partial charge in [-0.2, -0.15) is 0 Å². The lowest BCUT2D eigenvalue weighted by atomic mass is 10.0. The van der Waals surface area contributed by atoms with Crippen LogP contribution < -0.4 is 0 Å². The van der Waals surface area contributed by atoms with Crippen molar-refractivity contribution in [2.45, 2.75) is 0 Å². The molecule has 0 saturated carbocycles. The van der Waals surface area contributed by atoms with E-state index in [1.165, 1.54) is 0 Å². The Morgan fingerprint density at radius 3 is 2.58 bits per heavy atom. The van der Waals surface area contributed by atoms with Crippen molar-refractivity contribution in [2.75, 3.05) is 5.88 Å². The second-order valence-corrected chi connectivity index (χ2v) is 4.69. The lowest BCUT2D eigenvalue weighted by molar-refractivity contribution is 0.597. The fourth-order valence-corrected chi connectivity index (χ4v) is 2.15. The van der Waals surface area contributed by atoms with Crippen molar-refractivity contribution in [1.82, 2.24) is 0 Å². The Morgan fingerprint density at radius 2 is 1.89 bits per heavy atom. The number of halogens is 4. The van der Waals surface area contributed by atoms with Crippen LogP contribution >= 0.6 is 23.2 Å². The van der Waals surface area contributed by atoms with Gasteiger partial charge in [-0.1, -0.05) is 23.7 Å². The first-order chi connectivity index (χ1) is 9.10. The molecule has 0 nitrogen and oxygen atoms in total. The van der Waals surface area contributed by atoms with E-state index in [0.717, 1.165) is 23.8 Å². The van der Waals surface area contributed by atoms with Crippen LogP contribution in [0.4, 0.5) is 8.78 Å². The molecule has 4 heteroatoms. The van der Waals surface area contributed by atoms with E-state index in [1.807, 2.05) is 6.07 Å². The summed E-state index contributed by atoms with van der Waals surface area (Å²) >= 11 is 11.7. The van der Waals surface area contributed by atoms with Crippen LogP contribution in [0.2, 0.25) is 5.02 Å². The maximum absolute atomic E-state index is 13.7. The van der Waals surface area contributed by atoms with Crippen LogP contribution in [0.1, 0.15) is 11.1 Å². The van der Waals surface area contributed by atoms with Gasteiger partial charge in [0.05, 0.1) is 0 Å². The summed E-state index contributed by atoms with van der Waals surface area (Å²) < 4.78 is 26.9. The Kier molecular flexibility index (Phi) is 4.56. The second-order valence-electron chi connectivity index (χ2n) is 3.98. The molecule has 0 N–H and O–H groups in total. The fraction of sp³-hybridized carbons (Fsp3) is 0.0667. The van der Waals surface area contributed by atoms with Crippen molar-refractivity contribution >= 4 is 34.9 Å². The molecular weight excluding hydrogens is 289 g/mol. The van der Waals surface area contributed by atoms with Crippen molar-refractivity contribution in [1.29, 1.82) is 0 Å². The Labute approximate surface area is 120 Å². The molecule has 0 aliphatic heterocycles. The van der Waals surface area contributed by atoms with Gasteiger partial charge in [-0.25, -0.2) is 8.78 Å². The molecule has 0 aliphatic rings. The summed E-state index contributed by atoms with van der Waals surface area (Å²) in [4.78, 5) is 0. The number of rotatable bonds is 3. The summed E-state index contributed by atoms with van der Waals surface area (Å²) in [5.74, 6) is -0.929. The standard InChI is InChI=1S/C15H10Cl2F2/c16-9-11(6-10-2-1-3-12(17)7-10)14-8-13(18)4-5-15(14)19/h1-8H,9H2/b11-6+. The van der Waals surface area contributed by atoms with Crippen LogP contribution in [0.5, 0.6) is 0 Å². The van der Waals surface area contributed by atoms with Gasteiger partial charge >= 0.3 is 0 Å². The predicted octanol–water partition coefficient (Wildman–Crippen LogP) is 5.40. The third kappa shape index (κ3) is 3.55. The summed E-state index contributed by atoms with van der Waals surface area (Å²) in [7, 11) is 0. The smallest absolute Gasteiger partial charge is 0.130 e. The number of hydrogen-bond acceptors (Lipinski definition) is 0. The van der Waals surface area contributed by atoms with Gasteiger partial charge in [-0.3, -0.25) is 0 Å². The van der Waals surface area contributed by atoms with Gasteiger partial charge in [0.15, 0.2) is 0 Å². The molecule has 0 unspecified atom stereocenters. The van der Waals surface area contributed by atoms with Crippen LogP contribution in [-0.4, -0.2) is 5.88 Å². The molecule has 0 spiro atoms. The normalized spacial score (nSPS) is 11.7. The van der Waals surface area contributed by atoms with Crippen LogP contribution in [0.3, 0.4) is 0 Å². The first-order valence-corrected chi connectivity index (χ1v) is 6.49. The van der Waals surface area contributed by atoms with Gasteiger partial charge in [0, 0.05) is 16.5 Å². The van der Waals surface area contributed by atoms with Crippen molar-refractivity contribution in [3.8, 4) is 0 Å². The minimum Gasteiger partial charge on any atom is -0.207 e. The largest absolute Gasteiger partial charge is 0.207 e. The zero-order valence-corrected chi connectivity index (χ0v) is 11.3.